The second kappa shape index (κ2) is 6.97. The van der Waals surface area contributed by atoms with E-state index in [2.05, 4.69) is 0 Å². The molecule has 1 amide bonds. The number of hydrogen-bond acceptors (Lipinski definition) is 5. The van der Waals surface area contributed by atoms with Crippen LogP contribution in [-0.2, 0) is 20.7 Å². The third-order valence-corrected chi connectivity index (χ3v) is 4.59. The highest BCUT2D eigenvalue weighted by molar-refractivity contribution is 7.13. The van der Waals surface area contributed by atoms with Crippen LogP contribution in [0.25, 0.3) is 10.6 Å². The first-order valence-electron chi connectivity index (χ1n) is 7.38. The summed E-state index contributed by atoms with van der Waals surface area (Å²) in [6.07, 6.45) is -0.134. The summed E-state index contributed by atoms with van der Waals surface area (Å²) in [7, 11) is 0. The van der Waals surface area contributed by atoms with Crippen LogP contribution < -0.4 is 0 Å². The van der Waals surface area contributed by atoms with E-state index in [4.69, 9.17) is 14.3 Å². The Kier molecular flexibility index (Phi) is 4.78. The Morgan fingerprint density at radius 2 is 2.22 bits per heavy atom. The van der Waals surface area contributed by atoms with E-state index < -0.39 is 12.1 Å². The molecule has 2 aromatic rings. The number of rotatable bonds is 5. The molecule has 23 heavy (non-hydrogen) atoms. The van der Waals surface area contributed by atoms with Crippen LogP contribution in [0.4, 0.5) is 0 Å². The zero-order valence-electron chi connectivity index (χ0n) is 12.4. The lowest BCUT2D eigenvalue weighted by Gasteiger charge is -2.30. The van der Waals surface area contributed by atoms with Gasteiger partial charge in [0.15, 0.2) is 6.10 Å². The Morgan fingerprint density at radius 3 is 2.96 bits per heavy atom. The minimum atomic E-state index is -1.03. The third kappa shape index (κ3) is 3.80. The van der Waals surface area contributed by atoms with Gasteiger partial charge in [-0.1, -0.05) is 6.07 Å². The van der Waals surface area contributed by atoms with E-state index in [0.717, 1.165) is 16.4 Å². The van der Waals surface area contributed by atoms with Crippen LogP contribution >= 0.6 is 11.3 Å². The normalized spacial score (nSPS) is 18.1. The number of ether oxygens (including phenoxy) is 1. The molecule has 7 heteroatoms. The molecule has 0 bridgehead atoms. The molecule has 1 unspecified atom stereocenters. The van der Waals surface area contributed by atoms with Gasteiger partial charge in [-0.05, 0) is 23.6 Å². The molecular formula is C16H17NO5S. The summed E-state index contributed by atoms with van der Waals surface area (Å²) in [5.74, 6) is 0.451. The number of carboxylic acid groups (broad SMARTS) is 1. The van der Waals surface area contributed by atoms with Crippen molar-refractivity contribution < 1.29 is 23.8 Å². The van der Waals surface area contributed by atoms with Gasteiger partial charge in [-0.25, -0.2) is 4.79 Å². The van der Waals surface area contributed by atoms with E-state index in [0.29, 0.717) is 19.4 Å². The van der Waals surface area contributed by atoms with Crippen molar-refractivity contribution in [3.8, 4) is 10.6 Å². The average Bonchev–Trinajstić information content (AvgIpc) is 3.23. The van der Waals surface area contributed by atoms with Gasteiger partial charge in [0.05, 0.1) is 18.0 Å². The van der Waals surface area contributed by atoms with Crippen molar-refractivity contribution in [3.05, 3.63) is 35.4 Å². The summed E-state index contributed by atoms with van der Waals surface area (Å²) in [6.45, 7) is 0.792. The van der Waals surface area contributed by atoms with Gasteiger partial charge < -0.3 is 19.2 Å². The number of carbonyl (C=O) groups is 2. The standard InChI is InChI=1S/C16H17NO5S/c18-15(17-7-8-21-13(10-17)16(19)20)6-4-11-3-5-12(22-11)14-2-1-9-23-14/h1-3,5,9,13H,4,6-8,10H2,(H,19,20). The molecule has 3 rings (SSSR count). The van der Waals surface area contributed by atoms with Gasteiger partial charge >= 0.3 is 5.97 Å². The number of amides is 1. The van der Waals surface area contributed by atoms with Crippen LogP contribution in [-0.4, -0.2) is 47.7 Å². The fourth-order valence-corrected chi connectivity index (χ4v) is 3.16. The molecule has 122 valence electrons. The van der Waals surface area contributed by atoms with Crippen LogP contribution in [0, 0.1) is 0 Å². The SMILES string of the molecule is O=C(O)C1CN(C(=O)CCc2ccc(-c3cccs3)o2)CCO1. The molecule has 0 spiro atoms. The molecule has 2 aromatic heterocycles. The predicted octanol–water partition coefficient (Wildman–Crippen LogP) is 2.25. The summed E-state index contributed by atoms with van der Waals surface area (Å²) < 4.78 is 10.9. The summed E-state index contributed by atoms with van der Waals surface area (Å²) in [5, 5.41) is 10.9. The number of hydrogen-bond donors (Lipinski definition) is 1. The Hall–Kier alpha value is -2.12. The number of carbonyl (C=O) groups excluding carboxylic acids is 1. The maximum absolute atomic E-state index is 12.2. The molecule has 1 fully saturated rings. The Balaban J connectivity index is 1.54. The Labute approximate surface area is 137 Å². The largest absolute Gasteiger partial charge is 0.479 e. The highest BCUT2D eigenvalue weighted by Crippen LogP contribution is 2.27. The summed E-state index contributed by atoms with van der Waals surface area (Å²) in [6, 6.07) is 7.73. The van der Waals surface area contributed by atoms with Crippen molar-refractivity contribution >= 4 is 23.2 Å². The number of aliphatic carboxylic acids is 1. The van der Waals surface area contributed by atoms with E-state index in [-0.39, 0.29) is 19.1 Å². The lowest BCUT2D eigenvalue weighted by molar-refractivity contribution is -0.159. The number of thiophene rings is 1. The van der Waals surface area contributed by atoms with Gasteiger partial charge in [-0.2, -0.15) is 0 Å². The zero-order valence-corrected chi connectivity index (χ0v) is 13.3. The van der Waals surface area contributed by atoms with E-state index >= 15 is 0 Å². The monoisotopic (exact) mass is 335 g/mol. The first kappa shape index (κ1) is 15.8. The van der Waals surface area contributed by atoms with Gasteiger partial charge in [0.2, 0.25) is 5.91 Å². The molecule has 0 radical (unpaired) electrons. The molecule has 3 heterocycles. The molecule has 0 aliphatic carbocycles. The minimum absolute atomic E-state index is 0.0753. The number of aryl methyl sites for hydroxylation is 1. The Morgan fingerprint density at radius 1 is 1.35 bits per heavy atom. The topological polar surface area (TPSA) is 80.0 Å². The average molecular weight is 335 g/mol. The maximum Gasteiger partial charge on any atom is 0.334 e. The fourth-order valence-electron chi connectivity index (χ4n) is 2.48. The van der Waals surface area contributed by atoms with Crippen LogP contribution in [0.5, 0.6) is 0 Å². The molecule has 1 atom stereocenters. The van der Waals surface area contributed by atoms with Crippen molar-refractivity contribution in [2.45, 2.75) is 18.9 Å². The van der Waals surface area contributed by atoms with Crippen molar-refractivity contribution in [2.24, 2.45) is 0 Å². The lowest BCUT2D eigenvalue weighted by Crippen LogP contribution is -2.48. The molecule has 0 saturated carbocycles. The number of nitrogens with zero attached hydrogens (tertiary/aromatic N) is 1. The molecule has 1 saturated heterocycles. The van der Waals surface area contributed by atoms with E-state index in [1.54, 1.807) is 16.2 Å². The summed E-state index contributed by atoms with van der Waals surface area (Å²) in [5.41, 5.74) is 0. The molecule has 1 N–H and O–H groups in total. The van der Waals surface area contributed by atoms with Crippen LogP contribution in [0.1, 0.15) is 12.2 Å². The molecule has 1 aliphatic rings. The fraction of sp³-hybridized carbons (Fsp3) is 0.375. The number of morpholine rings is 1. The van der Waals surface area contributed by atoms with Gasteiger partial charge in [0, 0.05) is 19.4 Å². The Bertz CT molecular complexity index is 678. The first-order valence-corrected chi connectivity index (χ1v) is 8.26. The van der Waals surface area contributed by atoms with Gasteiger partial charge in [0.1, 0.15) is 11.5 Å². The number of carboxylic acids is 1. The number of furan rings is 1. The van der Waals surface area contributed by atoms with Crippen molar-refractivity contribution in [1.82, 2.24) is 4.90 Å². The van der Waals surface area contributed by atoms with Gasteiger partial charge in [-0.3, -0.25) is 4.79 Å². The molecule has 1 aliphatic heterocycles. The highest BCUT2D eigenvalue weighted by Gasteiger charge is 2.28. The van der Waals surface area contributed by atoms with Crippen LogP contribution in [0.2, 0.25) is 0 Å². The van der Waals surface area contributed by atoms with E-state index in [9.17, 15) is 9.59 Å². The van der Waals surface area contributed by atoms with Crippen LogP contribution in [0.15, 0.2) is 34.1 Å². The first-order chi connectivity index (χ1) is 11.1. The summed E-state index contributed by atoms with van der Waals surface area (Å²) in [4.78, 5) is 25.8. The molecule has 0 aromatic carbocycles. The van der Waals surface area contributed by atoms with Crippen LogP contribution in [0.3, 0.4) is 0 Å². The van der Waals surface area contributed by atoms with E-state index in [1.165, 1.54) is 0 Å². The summed E-state index contributed by atoms with van der Waals surface area (Å²) >= 11 is 1.60. The van der Waals surface area contributed by atoms with Crippen molar-refractivity contribution in [2.75, 3.05) is 19.7 Å². The minimum Gasteiger partial charge on any atom is -0.479 e. The maximum atomic E-state index is 12.2. The lowest BCUT2D eigenvalue weighted by atomic mass is 10.2. The molecular weight excluding hydrogens is 318 g/mol. The third-order valence-electron chi connectivity index (χ3n) is 3.71. The zero-order chi connectivity index (χ0) is 16.2. The van der Waals surface area contributed by atoms with E-state index in [1.807, 2.05) is 29.6 Å². The van der Waals surface area contributed by atoms with Crippen molar-refractivity contribution in [1.29, 1.82) is 0 Å². The highest BCUT2D eigenvalue weighted by atomic mass is 32.1. The molecule has 6 nitrogen and oxygen atoms in total. The second-order valence-electron chi connectivity index (χ2n) is 5.28. The second-order valence-corrected chi connectivity index (χ2v) is 6.23. The smallest absolute Gasteiger partial charge is 0.334 e. The predicted molar refractivity (Wildman–Crippen MR) is 84.3 cm³/mol. The quantitative estimate of drug-likeness (QED) is 0.906. The van der Waals surface area contributed by atoms with Crippen molar-refractivity contribution in [3.63, 3.8) is 0 Å². The van der Waals surface area contributed by atoms with Gasteiger partial charge in [-0.15, -0.1) is 11.3 Å². The van der Waals surface area contributed by atoms with Gasteiger partial charge in [0.25, 0.3) is 0 Å².